The molecule has 2 aromatic carbocycles. The summed E-state index contributed by atoms with van der Waals surface area (Å²) in [5, 5.41) is 26.7. The van der Waals surface area contributed by atoms with Crippen molar-refractivity contribution in [3.8, 4) is 0 Å². The normalized spacial score (nSPS) is 23.2. The van der Waals surface area contributed by atoms with Crippen LogP contribution < -0.4 is 10.6 Å². The smallest absolute Gasteiger partial charge is 0.254 e. The maximum Gasteiger partial charge on any atom is 0.254 e. The Morgan fingerprint density at radius 2 is 1.70 bits per heavy atom. The lowest BCUT2D eigenvalue weighted by atomic mass is 9.96. The molecule has 0 unspecified atom stereocenters. The van der Waals surface area contributed by atoms with Gasteiger partial charge in [0.05, 0.1) is 28.8 Å². The first kappa shape index (κ1) is 22.8. The van der Waals surface area contributed by atoms with E-state index >= 15 is 0 Å². The Balaban J connectivity index is 1.56. The maximum absolute atomic E-state index is 12.4. The van der Waals surface area contributed by atoms with Gasteiger partial charge in [0.1, 0.15) is 17.8 Å². The van der Waals surface area contributed by atoms with Gasteiger partial charge >= 0.3 is 0 Å². The lowest BCUT2D eigenvalue weighted by Gasteiger charge is -2.26. The summed E-state index contributed by atoms with van der Waals surface area (Å²) in [6, 6.07) is 11.3. The van der Waals surface area contributed by atoms with Crippen LogP contribution in [0.15, 0.2) is 42.5 Å². The summed E-state index contributed by atoms with van der Waals surface area (Å²) in [4.78, 5) is 24.6. The topological polar surface area (TPSA) is 108 Å². The molecule has 0 spiro atoms. The summed E-state index contributed by atoms with van der Waals surface area (Å²) in [5.41, 5.74) is -1.23. The molecule has 10 heteroatoms. The third kappa shape index (κ3) is 5.06. The molecular weight excluding hydrogens is 455 g/mol. The predicted octanol–water partition coefficient (Wildman–Crippen LogP) is 2.30. The molecule has 0 radical (unpaired) electrons. The van der Waals surface area contributed by atoms with Gasteiger partial charge in [-0.25, -0.2) is 0 Å². The molecule has 4 N–H and O–H groups in total. The number of nitrogens with one attached hydrogen (secondary N) is 2. The van der Waals surface area contributed by atoms with Crippen molar-refractivity contribution in [3.63, 3.8) is 0 Å². The van der Waals surface area contributed by atoms with E-state index < -0.39 is 23.7 Å². The Kier molecular flexibility index (Phi) is 7.23. The molecule has 1 heterocycles. The van der Waals surface area contributed by atoms with E-state index in [2.05, 4.69) is 10.6 Å². The molecule has 0 aliphatic carbocycles. The molecule has 7 nitrogen and oxygen atoms in total. The standard InChI is InChI=1S/C20H19Cl3N2O5/c21-12-6-13(22)16(14(23)7-12)19(28)24-8-15-17(26)20(29,10-30-15)9-25-18(27)11-4-2-1-3-5-11/h1-7,15,17,26,29H,8-10H2,(H,24,28)(H,25,27)/t15-,17-,20+/m1/s1. The molecule has 3 atom stereocenters. The van der Waals surface area contributed by atoms with Gasteiger partial charge < -0.3 is 25.6 Å². The third-order valence-electron chi connectivity index (χ3n) is 4.74. The second-order valence-electron chi connectivity index (χ2n) is 6.90. The highest BCUT2D eigenvalue weighted by atomic mass is 35.5. The van der Waals surface area contributed by atoms with Crippen molar-refractivity contribution in [2.75, 3.05) is 19.7 Å². The summed E-state index contributed by atoms with van der Waals surface area (Å²) in [7, 11) is 0. The summed E-state index contributed by atoms with van der Waals surface area (Å²) in [5.74, 6) is -0.967. The van der Waals surface area contributed by atoms with Gasteiger partial charge in [-0.1, -0.05) is 53.0 Å². The highest BCUT2D eigenvalue weighted by molar-refractivity contribution is 6.42. The minimum Gasteiger partial charge on any atom is -0.387 e. The number of hydrogen-bond donors (Lipinski definition) is 4. The van der Waals surface area contributed by atoms with E-state index in [-0.39, 0.29) is 41.2 Å². The molecule has 1 fully saturated rings. The van der Waals surface area contributed by atoms with E-state index in [0.717, 1.165) is 0 Å². The van der Waals surface area contributed by atoms with Crippen LogP contribution in [-0.4, -0.2) is 59.5 Å². The number of carbonyl (C=O) groups is 2. The number of aliphatic hydroxyl groups is 2. The molecule has 0 saturated carbocycles. The minimum absolute atomic E-state index is 0.0422. The van der Waals surface area contributed by atoms with E-state index in [4.69, 9.17) is 39.5 Å². The van der Waals surface area contributed by atoms with Crippen LogP contribution >= 0.6 is 34.8 Å². The summed E-state index contributed by atoms with van der Waals surface area (Å²) >= 11 is 17.9. The number of ether oxygens (including phenoxy) is 1. The van der Waals surface area contributed by atoms with Crippen molar-refractivity contribution in [2.45, 2.75) is 17.8 Å². The monoisotopic (exact) mass is 472 g/mol. The number of benzene rings is 2. The van der Waals surface area contributed by atoms with Crippen LogP contribution in [0.4, 0.5) is 0 Å². The SMILES string of the molecule is O=C(NC[C@]1(O)CO[C@H](CNC(=O)c2c(Cl)cc(Cl)cc2Cl)[C@H]1O)c1ccccc1. The van der Waals surface area contributed by atoms with Crippen molar-refractivity contribution < 1.29 is 24.5 Å². The lowest BCUT2D eigenvalue weighted by Crippen LogP contribution is -2.53. The number of hydrogen-bond acceptors (Lipinski definition) is 5. The van der Waals surface area contributed by atoms with E-state index in [1.54, 1.807) is 30.3 Å². The van der Waals surface area contributed by atoms with Crippen LogP contribution in [0, 0.1) is 0 Å². The molecule has 1 saturated heterocycles. The fraction of sp³-hybridized carbons (Fsp3) is 0.300. The molecule has 30 heavy (non-hydrogen) atoms. The average molecular weight is 474 g/mol. The summed E-state index contributed by atoms with van der Waals surface area (Å²) in [6.07, 6.45) is -2.23. The molecule has 2 aromatic rings. The highest BCUT2D eigenvalue weighted by Crippen LogP contribution is 2.29. The average Bonchev–Trinajstić information content (AvgIpc) is 2.99. The summed E-state index contributed by atoms with van der Waals surface area (Å²) in [6.45, 7) is -0.544. The van der Waals surface area contributed by atoms with Crippen LogP contribution in [-0.2, 0) is 4.74 Å². The first-order chi connectivity index (χ1) is 14.2. The molecular formula is C20H19Cl3N2O5. The van der Waals surface area contributed by atoms with Crippen LogP contribution in [0.3, 0.4) is 0 Å². The number of rotatable bonds is 6. The van der Waals surface area contributed by atoms with Crippen molar-refractivity contribution in [2.24, 2.45) is 0 Å². The van der Waals surface area contributed by atoms with E-state index in [0.29, 0.717) is 10.6 Å². The van der Waals surface area contributed by atoms with Crippen molar-refractivity contribution in [3.05, 3.63) is 68.7 Å². The molecule has 1 aliphatic rings. The zero-order valence-electron chi connectivity index (χ0n) is 15.6. The first-order valence-electron chi connectivity index (χ1n) is 8.99. The van der Waals surface area contributed by atoms with Crippen LogP contribution in [0.1, 0.15) is 20.7 Å². The number of carbonyl (C=O) groups excluding carboxylic acids is 2. The van der Waals surface area contributed by atoms with Gasteiger partial charge in [-0.3, -0.25) is 9.59 Å². The largest absolute Gasteiger partial charge is 0.387 e. The first-order valence-corrected chi connectivity index (χ1v) is 10.1. The maximum atomic E-state index is 12.4. The van der Waals surface area contributed by atoms with E-state index in [9.17, 15) is 19.8 Å². The lowest BCUT2D eigenvalue weighted by molar-refractivity contribution is -0.0464. The van der Waals surface area contributed by atoms with Crippen LogP contribution in [0.5, 0.6) is 0 Å². The fourth-order valence-corrected chi connectivity index (χ4v) is 4.05. The molecule has 160 valence electrons. The number of halogens is 3. The second-order valence-corrected chi connectivity index (χ2v) is 8.15. The Labute approximate surface area is 187 Å². The van der Waals surface area contributed by atoms with Crippen molar-refractivity contribution >= 4 is 46.6 Å². The van der Waals surface area contributed by atoms with Gasteiger partial charge in [-0.05, 0) is 24.3 Å². The van der Waals surface area contributed by atoms with Gasteiger partial charge in [-0.2, -0.15) is 0 Å². The molecule has 0 bridgehead atoms. The predicted molar refractivity (Wildman–Crippen MR) is 113 cm³/mol. The van der Waals surface area contributed by atoms with E-state index in [1.165, 1.54) is 12.1 Å². The number of amides is 2. The Bertz CT molecular complexity index is 920. The fourth-order valence-electron chi connectivity index (χ4n) is 3.07. The minimum atomic E-state index is -1.70. The van der Waals surface area contributed by atoms with Gasteiger partial charge in [0.15, 0.2) is 0 Å². The van der Waals surface area contributed by atoms with Crippen LogP contribution in [0.25, 0.3) is 0 Å². The molecule has 1 aliphatic heterocycles. The molecule has 2 amide bonds. The van der Waals surface area contributed by atoms with Gasteiger partial charge in [0, 0.05) is 17.1 Å². The molecule has 3 rings (SSSR count). The van der Waals surface area contributed by atoms with Gasteiger partial charge in [0.25, 0.3) is 11.8 Å². The van der Waals surface area contributed by atoms with Crippen molar-refractivity contribution in [1.29, 1.82) is 0 Å². The zero-order valence-corrected chi connectivity index (χ0v) is 17.8. The third-order valence-corrected chi connectivity index (χ3v) is 5.55. The number of aliphatic hydroxyl groups excluding tert-OH is 1. The van der Waals surface area contributed by atoms with Crippen LogP contribution in [0.2, 0.25) is 15.1 Å². The summed E-state index contributed by atoms with van der Waals surface area (Å²) < 4.78 is 5.43. The molecule has 0 aromatic heterocycles. The second kappa shape index (κ2) is 9.51. The quantitative estimate of drug-likeness (QED) is 0.515. The zero-order chi connectivity index (χ0) is 21.9. The Morgan fingerprint density at radius 3 is 2.33 bits per heavy atom. The van der Waals surface area contributed by atoms with Crippen molar-refractivity contribution in [1.82, 2.24) is 10.6 Å². The highest BCUT2D eigenvalue weighted by Gasteiger charge is 2.48. The van der Waals surface area contributed by atoms with E-state index in [1.807, 2.05) is 0 Å². The van der Waals surface area contributed by atoms with Gasteiger partial charge in [-0.15, -0.1) is 0 Å². The van der Waals surface area contributed by atoms with Gasteiger partial charge in [0.2, 0.25) is 0 Å². The Hall–Kier alpha value is -1.87. The Morgan fingerprint density at radius 1 is 1.07 bits per heavy atom.